The van der Waals surface area contributed by atoms with Crippen LogP contribution in [0.3, 0.4) is 0 Å². The average Bonchev–Trinajstić information content (AvgIpc) is 2.44. The zero-order valence-electron chi connectivity index (χ0n) is 11.4. The molecule has 0 radical (unpaired) electrons. The van der Waals surface area contributed by atoms with Crippen LogP contribution in [0.25, 0.3) is 0 Å². The molecule has 2 N–H and O–H groups in total. The maximum Gasteiger partial charge on any atom is 0.243 e. The van der Waals surface area contributed by atoms with Crippen LogP contribution in [0.5, 0.6) is 0 Å². The van der Waals surface area contributed by atoms with Crippen LogP contribution in [0, 0.1) is 11.6 Å². The Labute approximate surface area is 122 Å². The number of ether oxygens (including phenoxy) is 1. The van der Waals surface area contributed by atoms with E-state index in [0.29, 0.717) is 6.07 Å². The van der Waals surface area contributed by atoms with Gasteiger partial charge in [-0.3, -0.25) is 0 Å². The van der Waals surface area contributed by atoms with Crippen molar-refractivity contribution in [1.29, 1.82) is 0 Å². The molecular formula is C13H18F2N2O3S. The molecule has 0 bridgehead atoms. The van der Waals surface area contributed by atoms with Crippen molar-refractivity contribution in [2.45, 2.75) is 23.8 Å². The standard InChI is InChI=1S/C13H18F2N2O3S/c14-10-1-2-13(12(15)9-10)21(18,19)17-7-8-20-11-3-5-16-6-4-11/h1-2,9,11,16-17H,3-8H2. The van der Waals surface area contributed by atoms with Crippen LogP contribution in [-0.4, -0.2) is 40.8 Å². The molecule has 1 aliphatic heterocycles. The Morgan fingerprint density at radius 1 is 1.29 bits per heavy atom. The Bertz CT molecular complexity index is 575. The van der Waals surface area contributed by atoms with E-state index >= 15 is 0 Å². The van der Waals surface area contributed by atoms with Crippen molar-refractivity contribution < 1.29 is 21.9 Å². The van der Waals surface area contributed by atoms with Crippen molar-refractivity contribution in [2.75, 3.05) is 26.2 Å². The normalized spacial score (nSPS) is 17.0. The van der Waals surface area contributed by atoms with Gasteiger partial charge >= 0.3 is 0 Å². The molecule has 0 amide bonds. The second kappa shape index (κ2) is 7.26. The molecule has 1 aromatic rings. The number of halogens is 2. The lowest BCUT2D eigenvalue weighted by molar-refractivity contribution is 0.0366. The Kier molecular flexibility index (Phi) is 5.63. The Hall–Kier alpha value is -1.09. The number of hydrogen-bond donors (Lipinski definition) is 2. The second-order valence-electron chi connectivity index (χ2n) is 4.79. The summed E-state index contributed by atoms with van der Waals surface area (Å²) < 4.78 is 57.8. The van der Waals surface area contributed by atoms with Crippen LogP contribution < -0.4 is 10.0 Å². The first-order valence-corrected chi connectivity index (χ1v) is 8.24. The fourth-order valence-electron chi connectivity index (χ4n) is 2.13. The summed E-state index contributed by atoms with van der Waals surface area (Å²) >= 11 is 0. The van der Waals surface area contributed by atoms with Gasteiger partial charge in [0.05, 0.1) is 12.7 Å². The van der Waals surface area contributed by atoms with Crippen LogP contribution in [0.1, 0.15) is 12.8 Å². The lowest BCUT2D eigenvalue weighted by atomic mass is 10.1. The summed E-state index contributed by atoms with van der Waals surface area (Å²) in [6.45, 7) is 2.03. The molecule has 1 saturated heterocycles. The molecule has 1 aromatic carbocycles. The highest BCUT2D eigenvalue weighted by Gasteiger charge is 2.19. The first-order chi connectivity index (χ1) is 9.99. The highest BCUT2D eigenvalue weighted by Crippen LogP contribution is 2.15. The molecule has 118 valence electrons. The van der Waals surface area contributed by atoms with Crippen LogP contribution in [0.15, 0.2) is 23.1 Å². The predicted octanol–water partition coefficient (Wildman–Crippen LogP) is 1.01. The largest absolute Gasteiger partial charge is 0.377 e. The van der Waals surface area contributed by atoms with E-state index < -0.39 is 26.6 Å². The van der Waals surface area contributed by atoms with Crippen LogP contribution >= 0.6 is 0 Å². The van der Waals surface area contributed by atoms with Gasteiger partial charge in [-0.1, -0.05) is 0 Å². The maximum atomic E-state index is 13.4. The summed E-state index contributed by atoms with van der Waals surface area (Å²) in [5.41, 5.74) is 0. The van der Waals surface area contributed by atoms with E-state index in [4.69, 9.17) is 4.74 Å². The van der Waals surface area contributed by atoms with E-state index in [1.54, 1.807) is 0 Å². The third kappa shape index (κ3) is 4.70. The molecule has 0 saturated carbocycles. The highest BCUT2D eigenvalue weighted by atomic mass is 32.2. The number of rotatable bonds is 6. The lowest BCUT2D eigenvalue weighted by Gasteiger charge is -2.22. The minimum Gasteiger partial charge on any atom is -0.377 e. The molecule has 0 aliphatic carbocycles. The van der Waals surface area contributed by atoms with Gasteiger partial charge in [0, 0.05) is 12.6 Å². The zero-order valence-corrected chi connectivity index (χ0v) is 12.3. The monoisotopic (exact) mass is 320 g/mol. The molecule has 8 heteroatoms. The van der Waals surface area contributed by atoms with Gasteiger partial charge in [0.15, 0.2) is 0 Å². The van der Waals surface area contributed by atoms with Crippen LogP contribution in [-0.2, 0) is 14.8 Å². The molecule has 1 heterocycles. The molecule has 21 heavy (non-hydrogen) atoms. The smallest absolute Gasteiger partial charge is 0.243 e. The molecular weight excluding hydrogens is 302 g/mol. The Morgan fingerprint density at radius 2 is 2.00 bits per heavy atom. The Balaban J connectivity index is 1.83. The number of benzene rings is 1. The molecule has 5 nitrogen and oxygen atoms in total. The first kappa shape index (κ1) is 16.3. The Morgan fingerprint density at radius 3 is 2.67 bits per heavy atom. The zero-order chi connectivity index (χ0) is 15.3. The average molecular weight is 320 g/mol. The van der Waals surface area contributed by atoms with Crippen molar-refractivity contribution in [1.82, 2.24) is 10.0 Å². The van der Waals surface area contributed by atoms with Gasteiger partial charge in [-0.15, -0.1) is 0 Å². The van der Waals surface area contributed by atoms with E-state index in [2.05, 4.69) is 10.0 Å². The summed E-state index contributed by atoms with van der Waals surface area (Å²) in [4.78, 5) is -0.564. The van der Waals surface area contributed by atoms with Gasteiger partial charge < -0.3 is 10.1 Å². The summed E-state index contributed by atoms with van der Waals surface area (Å²) in [5, 5.41) is 3.20. The summed E-state index contributed by atoms with van der Waals surface area (Å²) in [6.07, 6.45) is 1.90. The molecule has 0 unspecified atom stereocenters. The highest BCUT2D eigenvalue weighted by molar-refractivity contribution is 7.89. The topological polar surface area (TPSA) is 67.4 Å². The van der Waals surface area contributed by atoms with Gasteiger partial charge in [0.1, 0.15) is 16.5 Å². The van der Waals surface area contributed by atoms with Crippen LogP contribution in [0.4, 0.5) is 8.78 Å². The molecule has 1 fully saturated rings. The van der Waals surface area contributed by atoms with Gasteiger partial charge in [0.25, 0.3) is 0 Å². The van der Waals surface area contributed by atoms with E-state index in [1.807, 2.05) is 0 Å². The predicted molar refractivity (Wildman–Crippen MR) is 73.4 cm³/mol. The van der Waals surface area contributed by atoms with Crippen molar-refractivity contribution in [3.05, 3.63) is 29.8 Å². The first-order valence-electron chi connectivity index (χ1n) is 6.76. The SMILES string of the molecule is O=S(=O)(NCCOC1CCNCC1)c1ccc(F)cc1F. The molecule has 1 aliphatic rings. The fraction of sp³-hybridized carbons (Fsp3) is 0.538. The third-order valence-electron chi connectivity index (χ3n) is 3.22. The van der Waals surface area contributed by atoms with E-state index in [9.17, 15) is 17.2 Å². The second-order valence-corrected chi connectivity index (χ2v) is 6.53. The van der Waals surface area contributed by atoms with Crippen molar-refractivity contribution in [3.63, 3.8) is 0 Å². The van der Waals surface area contributed by atoms with Crippen molar-refractivity contribution >= 4 is 10.0 Å². The number of sulfonamides is 1. The maximum absolute atomic E-state index is 13.4. The minimum absolute atomic E-state index is 0.0447. The molecule has 0 aromatic heterocycles. The number of nitrogens with one attached hydrogen (secondary N) is 2. The van der Waals surface area contributed by atoms with E-state index in [-0.39, 0.29) is 19.3 Å². The molecule has 0 spiro atoms. The van der Waals surface area contributed by atoms with E-state index in [0.717, 1.165) is 38.1 Å². The third-order valence-corrected chi connectivity index (χ3v) is 4.71. The van der Waals surface area contributed by atoms with Gasteiger partial charge in [0.2, 0.25) is 10.0 Å². The van der Waals surface area contributed by atoms with Gasteiger partial charge in [-0.2, -0.15) is 0 Å². The summed E-state index contributed by atoms with van der Waals surface area (Å²) in [7, 11) is -3.99. The van der Waals surface area contributed by atoms with Crippen molar-refractivity contribution in [3.8, 4) is 0 Å². The molecule has 0 atom stereocenters. The summed E-state index contributed by atoms with van der Waals surface area (Å²) in [5.74, 6) is -1.93. The van der Waals surface area contributed by atoms with Crippen molar-refractivity contribution in [2.24, 2.45) is 0 Å². The minimum atomic E-state index is -3.99. The number of hydrogen-bond acceptors (Lipinski definition) is 4. The van der Waals surface area contributed by atoms with Gasteiger partial charge in [-0.05, 0) is 38.1 Å². The molecule has 2 rings (SSSR count). The summed E-state index contributed by atoms with van der Waals surface area (Å²) in [6, 6.07) is 2.35. The van der Waals surface area contributed by atoms with Gasteiger partial charge in [-0.25, -0.2) is 21.9 Å². The lowest BCUT2D eigenvalue weighted by Crippen LogP contribution is -2.35. The van der Waals surface area contributed by atoms with Crippen LogP contribution in [0.2, 0.25) is 0 Å². The van der Waals surface area contributed by atoms with E-state index in [1.165, 1.54) is 0 Å². The number of piperidine rings is 1. The quantitative estimate of drug-likeness (QED) is 0.768. The fourth-order valence-corrected chi connectivity index (χ4v) is 3.21.